The molecule has 0 bridgehead atoms. The third-order valence-electron chi connectivity index (χ3n) is 4.62. The summed E-state index contributed by atoms with van der Waals surface area (Å²) >= 11 is 0. The third kappa shape index (κ3) is 5.10. The van der Waals surface area contributed by atoms with E-state index in [9.17, 15) is 8.42 Å². The Labute approximate surface area is 135 Å². The van der Waals surface area contributed by atoms with Crippen LogP contribution < -0.4 is 0 Å². The van der Waals surface area contributed by atoms with E-state index in [1.807, 2.05) is 12.1 Å². The minimum absolute atomic E-state index is 0.00952. The first-order chi connectivity index (χ1) is 9.95. The topological polar surface area (TPSA) is 54.4 Å². The molecular weight excluding hydrogens is 296 g/mol. The Kier molecular flexibility index (Phi) is 6.22. The Morgan fingerprint density at radius 2 is 1.50 bits per heavy atom. The SMILES string of the molecule is CC(C)CC(C)(CC(C)C(C)C)c1ccc(S(=O)(=O)O)cc1. The summed E-state index contributed by atoms with van der Waals surface area (Å²) in [6, 6.07) is 6.70. The molecule has 2 atom stereocenters. The van der Waals surface area contributed by atoms with Gasteiger partial charge >= 0.3 is 0 Å². The number of hydrogen-bond acceptors (Lipinski definition) is 2. The van der Waals surface area contributed by atoms with Crippen LogP contribution in [-0.4, -0.2) is 13.0 Å². The van der Waals surface area contributed by atoms with E-state index < -0.39 is 10.1 Å². The van der Waals surface area contributed by atoms with Gasteiger partial charge in [-0.1, -0.05) is 53.7 Å². The molecule has 0 fully saturated rings. The molecule has 0 aliphatic heterocycles. The van der Waals surface area contributed by atoms with Crippen LogP contribution in [0, 0.1) is 17.8 Å². The maximum Gasteiger partial charge on any atom is 0.294 e. The van der Waals surface area contributed by atoms with E-state index in [0.717, 1.165) is 18.4 Å². The molecule has 3 nitrogen and oxygen atoms in total. The molecule has 0 radical (unpaired) electrons. The van der Waals surface area contributed by atoms with E-state index in [4.69, 9.17) is 4.55 Å². The molecule has 0 aliphatic carbocycles. The maximum absolute atomic E-state index is 11.2. The highest BCUT2D eigenvalue weighted by Crippen LogP contribution is 2.39. The maximum atomic E-state index is 11.2. The second kappa shape index (κ2) is 7.14. The minimum atomic E-state index is -4.12. The zero-order valence-corrected chi connectivity index (χ0v) is 15.4. The summed E-state index contributed by atoms with van der Waals surface area (Å²) in [5.74, 6) is 1.76. The monoisotopic (exact) mass is 326 g/mol. The number of hydrogen-bond donors (Lipinski definition) is 1. The van der Waals surface area contributed by atoms with Gasteiger partial charge in [0.2, 0.25) is 0 Å². The van der Waals surface area contributed by atoms with Crippen LogP contribution in [0.2, 0.25) is 0 Å². The highest BCUT2D eigenvalue weighted by Gasteiger charge is 2.30. The molecule has 0 amide bonds. The van der Waals surface area contributed by atoms with Gasteiger partial charge in [-0.05, 0) is 53.7 Å². The van der Waals surface area contributed by atoms with E-state index >= 15 is 0 Å². The number of benzene rings is 1. The molecule has 126 valence electrons. The second-order valence-electron chi connectivity index (χ2n) is 7.58. The van der Waals surface area contributed by atoms with Crippen molar-refractivity contribution in [2.24, 2.45) is 17.8 Å². The van der Waals surface area contributed by atoms with Crippen LogP contribution in [0.1, 0.15) is 59.9 Å². The fraction of sp³-hybridized carbons (Fsp3) is 0.667. The Morgan fingerprint density at radius 1 is 1.00 bits per heavy atom. The molecule has 0 aromatic heterocycles. The summed E-state index contributed by atoms with van der Waals surface area (Å²) in [5, 5.41) is 0. The van der Waals surface area contributed by atoms with Crippen LogP contribution in [0.15, 0.2) is 29.2 Å². The molecule has 0 spiro atoms. The third-order valence-corrected chi connectivity index (χ3v) is 5.49. The molecule has 1 rings (SSSR count). The van der Waals surface area contributed by atoms with Gasteiger partial charge in [-0.15, -0.1) is 0 Å². The van der Waals surface area contributed by atoms with Gasteiger partial charge in [0.15, 0.2) is 0 Å². The predicted octanol–water partition coefficient (Wildman–Crippen LogP) is 4.92. The van der Waals surface area contributed by atoms with Gasteiger partial charge in [-0.2, -0.15) is 8.42 Å². The molecule has 0 aliphatic rings. The van der Waals surface area contributed by atoms with Crippen molar-refractivity contribution in [3.05, 3.63) is 29.8 Å². The largest absolute Gasteiger partial charge is 0.294 e. The van der Waals surface area contributed by atoms with Gasteiger partial charge in [-0.25, -0.2) is 0 Å². The van der Waals surface area contributed by atoms with Gasteiger partial charge < -0.3 is 0 Å². The molecule has 22 heavy (non-hydrogen) atoms. The van der Waals surface area contributed by atoms with Gasteiger partial charge in [0.25, 0.3) is 10.1 Å². The zero-order valence-electron chi connectivity index (χ0n) is 14.6. The van der Waals surface area contributed by atoms with Crippen molar-refractivity contribution in [1.82, 2.24) is 0 Å². The van der Waals surface area contributed by atoms with E-state index in [2.05, 4.69) is 41.5 Å². The number of rotatable bonds is 7. The van der Waals surface area contributed by atoms with E-state index in [1.165, 1.54) is 12.1 Å². The van der Waals surface area contributed by atoms with Crippen LogP contribution >= 0.6 is 0 Å². The molecule has 0 saturated heterocycles. The molecule has 0 saturated carbocycles. The average Bonchev–Trinajstić information content (AvgIpc) is 2.36. The van der Waals surface area contributed by atoms with Crippen LogP contribution in [0.25, 0.3) is 0 Å². The van der Waals surface area contributed by atoms with Crippen molar-refractivity contribution in [2.75, 3.05) is 0 Å². The molecule has 1 aromatic carbocycles. The van der Waals surface area contributed by atoms with Gasteiger partial charge in [0, 0.05) is 0 Å². The molecule has 4 heteroatoms. The fourth-order valence-electron chi connectivity index (χ4n) is 3.20. The van der Waals surface area contributed by atoms with Gasteiger partial charge in [0.1, 0.15) is 0 Å². The van der Waals surface area contributed by atoms with E-state index in [0.29, 0.717) is 17.8 Å². The minimum Gasteiger partial charge on any atom is -0.282 e. The van der Waals surface area contributed by atoms with Crippen molar-refractivity contribution < 1.29 is 13.0 Å². The Hall–Kier alpha value is -0.870. The lowest BCUT2D eigenvalue weighted by Gasteiger charge is -2.36. The highest BCUT2D eigenvalue weighted by molar-refractivity contribution is 7.85. The predicted molar refractivity (Wildman–Crippen MR) is 91.7 cm³/mol. The lowest BCUT2D eigenvalue weighted by atomic mass is 9.69. The standard InChI is InChI=1S/C18H30O3S/c1-13(2)11-18(6,12-15(5)14(3)4)16-7-9-17(10-8-16)22(19,20)21/h7-10,13-15H,11-12H2,1-6H3,(H,19,20,21). The quantitative estimate of drug-likeness (QED) is 0.724. The van der Waals surface area contributed by atoms with Crippen LogP contribution in [0.4, 0.5) is 0 Å². The average molecular weight is 327 g/mol. The molecule has 0 heterocycles. The first kappa shape index (κ1) is 19.2. The first-order valence-electron chi connectivity index (χ1n) is 8.04. The summed E-state index contributed by atoms with van der Waals surface area (Å²) in [7, 11) is -4.12. The van der Waals surface area contributed by atoms with Crippen molar-refractivity contribution >= 4 is 10.1 Å². The van der Waals surface area contributed by atoms with Crippen molar-refractivity contribution in [3.63, 3.8) is 0 Å². The Bertz CT molecular complexity index is 573. The lowest BCUT2D eigenvalue weighted by Crippen LogP contribution is -2.28. The summed E-state index contributed by atoms with van der Waals surface area (Å²) < 4.78 is 31.5. The summed E-state index contributed by atoms with van der Waals surface area (Å²) in [4.78, 5) is -0.0416. The smallest absolute Gasteiger partial charge is 0.282 e. The van der Waals surface area contributed by atoms with E-state index in [-0.39, 0.29) is 10.3 Å². The summed E-state index contributed by atoms with van der Waals surface area (Å²) in [5.41, 5.74) is 1.15. The first-order valence-corrected chi connectivity index (χ1v) is 9.48. The Balaban J connectivity index is 3.16. The molecule has 1 aromatic rings. The van der Waals surface area contributed by atoms with Crippen LogP contribution in [-0.2, 0) is 15.5 Å². The van der Waals surface area contributed by atoms with Gasteiger partial charge in [-0.3, -0.25) is 4.55 Å². The van der Waals surface area contributed by atoms with Crippen LogP contribution in [0.3, 0.4) is 0 Å². The Morgan fingerprint density at radius 3 is 1.86 bits per heavy atom. The van der Waals surface area contributed by atoms with Crippen molar-refractivity contribution in [1.29, 1.82) is 0 Å². The van der Waals surface area contributed by atoms with Crippen molar-refractivity contribution in [2.45, 2.75) is 64.7 Å². The van der Waals surface area contributed by atoms with Crippen LogP contribution in [0.5, 0.6) is 0 Å². The second-order valence-corrected chi connectivity index (χ2v) is 9.01. The molecule has 1 N–H and O–H groups in total. The van der Waals surface area contributed by atoms with Crippen molar-refractivity contribution in [3.8, 4) is 0 Å². The highest BCUT2D eigenvalue weighted by atomic mass is 32.2. The lowest BCUT2D eigenvalue weighted by molar-refractivity contribution is 0.258. The normalized spacial score (nSPS) is 16.8. The zero-order chi connectivity index (χ0) is 17.1. The van der Waals surface area contributed by atoms with E-state index in [1.54, 1.807) is 0 Å². The molecular formula is C18H30O3S. The van der Waals surface area contributed by atoms with Gasteiger partial charge in [0.05, 0.1) is 4.90 Å². The molecule has 2 unspecified atom stereocenters. The summed E-state index contributed by atoms with van der Waals surface area (Å²) in [6.07, 6.45) is 2.11. The summed E-state index contributed by atoms with van der Waals surface area (Å²) in [6.45, 7) is 13.4. The fourth-order valence-corrected chi connectivity index (χ4v) is 3.68.